The first kappa shape index (κ1) is 26.3. The average molecular weight is 542 g/mol. The summed E-state index contributed by atoms with van der Waals surface area (Å²) in [6.07, 6.45) is 11.0. The van der Waals surface area contributed by atoms with Gasteiger partial charge in [0.05, 0.1) is 16.9 Å². The summed E-state index contributed by atoms with van der Waals surface area (Å²) in [5.41, 5.74) is 9.58. The van der Waals surface area contributed by atoms with Crippen LogP contribution in [0.5, 0.6) is 0 Å². The number of halogens is 1. The summed E-state index contributed by atoms with van der Waals surface area (Å²) in [6.45, 7) is 11.2. The Labute approximate surface area is 238 Å². The van der Waals surface area contributed by atoms with E-state index in [-0.39, 0.29) is 0 Å². The largest absolute Gasteiger partial charge is 0.371 e. The molecule has 2 aliphatic carbocycles. The highest BCUT2D eigenvalue weighted by Crippen LogP contribution is 2.43. The van der Waals surface area contributed by atoms with E-state index in [9.17, 15) is 0 Å². The Morgan fingerprint density at radius 2 is 1.82 bits per heavy atom. The third kappa shape index (κ3) is 5.71. The molecule has 0 atom stereocenters. The Bertz CT molecular complexity index is 1370. The van der Waals surface area contributed by atoms with Crippen molar-refractivity contribution in [1.82, 2.24) is 14.9 Å². The van der Waals surface area contributed by atoms with Crippen LogP contribution >= 0.6 is 11.6 Å². The number of hydrogen-bond donors (Lipinski definition) is 1. The van der Waals surface area contributed by atoms with Crippen molar-refractivity contribution in [2.75, 3.05) is 36.4 Å². The molecule has 1 aromatic heterocycles. The zero-order valence-corrected chi connectivity index (χ0v) is 24.3. The highest BCUT2D eigenvalue weighted by atomic mass is 35.5. The van der Waals surface area contributed by atoms with Gasteiger partial charge in [0.2, 0.25) is 5.95 Å². The Morgan fingerprint density at radius 3 is 2.56 bits per heavy atom. The van der Waals surface area contributed by atoms with Gasteiger partial charge in [-0.1, -0.05) is 55.3 Å². The molecule has 2 aromatic carbocycles. The smallest absolute Gasteiger partial charge is 0.227 e. The molecule has 0 unspecified atom stereocenters. The van der Waals surface area contributed by atoms with Crippen molar-refractivity contribution in [3.8, 4) is 0 Å². The van der Waals surface area contributed by atoms with E-state index in [1.165, 1.54) is 53.6 Å². The topological polar surface area (TPSA) is 44.3 Å². The summed E-state index contributed by atoms with van der Waals surface area (Å²) in [6, 6.07) is 14.3. The molecule has 5 nitrogen and oxygen atoms in total. The van der Waals surface area contributed by atoms with E-state index in [4.69, 9.17) is 16.6 Å². The van der Waals surface area contributed by atoms with Crippen LogP contribution < -0.4 is 10.2 Å². The monoisotopic (exact) mass is 541 g/mol. The van der Waals surface area contributed by atoms with Crippen molar-refractivity contribution in [3.63, 3.8) is 0 Å². The maximum absolute atomic E-state index is 6.68. The average Bonchev–Trinajstić information content (AvgIpc) is 3.80. The van der Waals surface area contributed by atoms with Gasteiger partial charge >= 0.3 is 0 Å². The SMILES string of the molecule is CCN(CC)C1CCN(c2cc(Nc3ncc(Cl)c(C4=CCCc5cc(C)ccc54)n3)cc(C3CC3)c2)CC1. The minimum absolute atomic E-state index is 0.587. The predicted octanol–water partition coefficient (Wildman–Crippen LogP) is 7.75. The van der Waals surface area contributed by atoms with Crippen molar-refractivity contribution in [2.45, 2.75) is 71.3 Å². The van der Waals surface area contributed by atoms with E-state index in [2.05, 4.69) is 83.3 Å². The maximum Gasteiger partial charge on any atom is 0.227 e. The van der Waals surface area contributed by atoms with Gasteiger partial charge in [0, 0.05) is 36.1 Å². The number of allylic oxidation sites excluding steroid dienone is 1. The van der Waals surface area contributed by atoms with Crippen LogP contribution in [-0.4, -0.2) is 47.1 Å². The quantitative estimate of drug-likeness (QED) is 0.316. The molecule has 3 aromatic rings. The lowest BCUT2D eigenvalue weighted by Gasteiger charge is -2.39. The number of piperidine rings is 1. The minimum atomic E-state index is 0.587. The van der Waals surface area contributed by atoms with E-state index >= 15 is 0 Å². The minimum Gasteiger partial charge on any atom is -0.371 e. The second-order valence-electron chi connectivity index (χ2n) is 11.4. The lowest BCUT2D eigenvalue weighted by Crippen LogP contribution is -2.44. The number of aromatic nitrogens is 2. The predicted molar refractivity (Wildman–Crippen MR) is 163 cm³/mol. The fourth-order valence-electron chi connectivity index (χ4n) is 6.41. The fraction of sp³-hybridized carbons (Fsp3) is 0.455. The molecule has 2 fully saturated rings. The number of aryl methyl sites for hydroxylation is 2. The molecule has 0 amide bonds. The van der Waals surface area contributed by atoms with Gasteiger partial charge < -0.3 is 15.1 Å². The van der Waals surface area contributed by atoms with Crippen LogP contribution in [0.3, 0.4) is 0 Å². The van der Waals surface area contributed by atoms with Gasteiger partial charge in [-0.15, -0.1) is 0 Å². The molecule has 0 radical (unpaired) electrons. The zero-order valence-electron chi connectivity index (χ0n) is 23.5. The van der Waals surface area contributed by atoms with Crippen molar-refractivity contribution in [1.29, 1.82) is 0 Å². The molecule has 2 heterocycles. The van der Waals surface area contributed by atoms with Crippen LogP contribution in [-0.2, 0) is 6.42 Å². The number of fused-ring (bicyclic) bond motifs is 1. The first-order chi connectivity index (χ1) is 19.0. The molecule has 204 valence electrons. The molecule has 39 heavy (non-hydrogen) atoms. The number of nitrogens with one attached hydrogen (secondary N) is 1. The van der Waals surface area contributed by atoms with E-state index < -0.39 is 0 Å². The van der Waals surface area contributed by atoms with Crippen LogP contribution in [0.1, 0.15) is 79.8 Å². The van der Waals surface area contributed by atoms with Crippen molar-refractivity contribution in [2.24, 2.45) is 0 Å². The molecule has 0 bridgehead atoms. The van der Waals surface area contributed by atoms with E-state index in [0.29, 0.717) is 22.9 Å². The summed E-state index contributed by atoms with van der Waals surface area (Å²) in [4.78, 5) is 14.7. The van der Waals surface area contributed by atoms with E-state index in [1.807, 2.05) is 0 Å². The van der Waals surface area contributed by atoms with Crippen molar-refractivity contribution >= 4 is 34.5 Å². The standard InChI is InChI=1S/C33H40ClN5/c1-4-38(5-2)27-13-15-39(16-14-27)28-19-25(23-10-11-23)18-26(20-28)36-33-35-21-31(34)32(37-33)30-8-6-7-24-17-22(3)9-12-29(24)30/h8-9,12,17-21,23,27H,4-7,10-11,13-16H2,1-3H3,(H,35,36,37). The first-order valence-corrected chi connectivity index (χ1v) is 15.1. The molecule has 1 aliphatic heterocycles. The van der Waals surface area contributed by atoms with Crippen LogP contribution in [0.15, 0.2) is 48.7 Å². The van der Waals surface area contributed by atoms with Crippen LogP contribution in [0.4, 0.5) is 17.3 Å². The zero-order chi connectivity index (χ0) is 26.9. The van der Waals surface area contributed by atoms with Crippen LogP contribution in [0.2, 0.25) is 5.02 Å². The number of nitrogens with zero attached hydrogens (tertiary/aromatic N) is 4. The molecular weight excluding hydrogens is 502 g/mol. The van der Waals surface area contributed by atoms with Gasteiger partial charge in [-0.05, 0) is 99.3 Å². The molecule has 6 rings (SSSR count). The van der Waals surface area contributed by atoms with E-state index in [1.54, 1.807) is 6.20 Å². The van der Waals surface area contributed by atoms with Gasteiger partial charge in [0.25, 0.3) is 0 Å². The molecule has 1 saturated heterocycles. The number of hydrogen-bond acceptors (Lipinski definition) is 5. The summed E-state index contributed by atoms with van der Waals surface area (Å²) in [5.74, 6) is 1.27. The first-order valence-electron chi connectivity index (χ1n) is 14.8. The van der Waals surface area contributed by atoms with Gasteiger partial charge in [-0.3, -0.25) is 0 Å². The normalized spacial score (nSPS) is 17.8. The van der Waals surface area contributed by atoms with Crippen LogP contribution in [0, 0.1) is 6.92 Å². The molecular formula is C33H40ClN5. The summed E-state index contributed by atoms with van der Waals surface area (Å²) in [7, 11) is 0. The highest BCUT2D eigenvalue weighted by Gasteiger charge is 2.27. The third-order valence-electron chi connectivity index (χ3n) is 8.72. The Morgan fingerprint density at radius 1 is 1.03 bits per heavy atom. The summed E-state index contributed by atoms with van der Waals surface area (Å²) >= 11 is 6.68. The maximum atomic E-state index is 6.68. The number of rotatable bonds is 8. The van der Waals surface area contributed by atoms with Crippen molar-refractivity contribution < 1.29 is 0 Å². The van der Waals surface area contributed by atoms with Crippen LogP contribution in [0.25, 0.3) is 5.57 Å². The van der Waals surface area contributed by atoms with Gasteiger partial charge in [0.15, 0.2) is 0 Å². The van der Waals surface area contributed by atoms with Gasteiger partial charge in [-0.25, -0.2) is 9.97 Å². The number of benzene rings is 2. The molecule has 1 saturated carbocycles. The molecule has 6 heteroatoms. The Balaban J connectivity index is 1.26. The summed E-state index contributed by atoms with van der Waals surface area (Å²) in [5, 5.41) is 4.14. The van der Waals surface area contributed by atoms with E-state index in [0.717, 1.165) is 56.0 Å². The lowest BCUT2D eigenvalue weighted by atomic mass is 9.88. The highest BCUT2D eigenvalue weighted by molar-refractivity contribution is 6.32. The third-order valence-corrected chi connectivity index (χ3v) is 8.99. The van der Waals surface area contributed by atoms with Gasteiger partial charge in [-0.2, -0.15) is 0 Å². The lowest BCUT2D eigenvalue weighted by molar-refractivity contribution is 0.186. The molecule has 3 aliphatic rings. The second kappa shape index (κ2) is 11.3. The molecule has 0 spiro atoms. The van der Waals surface area contributed by atoms with Crippen molar-refractivity contribution in [3.05, 3.63) is 81.6 Å². The fourth-order valence-corrected chi connectivity index (χ4v) is 6.61. The number of anilines is 3. The van der Waals surface area contributed by atoms with Gasteiger partial charge in [0.1, 0.15) is 0 Å². The summed E-state index contributed by atoms with van der Waals surface area (Å²) < 4.78 is 0. The Kier molecular flexibility index (Phi) is 7.64. The Hall–Kier alpha value is -2.89. The second-order valence-corrected chi connectivity index (χ2v) is 11.8. The molecule has 1 N–H and O–H groups in total.